The highest BCUT2D eigenvalue weighted by Gasteiger charge is 2.19. The van der Waals surface area contributed by atoms with Crippen LogP contribution < -0.4 is 10.2 Å². The Balaban J connectivity index is 1.30. The first-order valence-corrected chi connectivity index (χ1v) is 13.0. The topological polar surface area (TPSA) is 73.9 Å². The molecule has 6 rings (SSSR count). The molecule has 0 spiro atoms. The molecule has 6 nitrogen and oxygen atoms in total. The zero-order chi connectivity index (χ0) is 26.1. The van der Waals surface area contributed by atoms with Gasteiger partial charge in [0.2, 0.25) is 0 Å². The van der Waals surface area contributed by atoms with Crippen LogP contribution in [0.5, 0.6) is 0 Å². The first-order chi connectivity index (χ1) is 18.6. The molecule has 0 atom stereocenters. The standard InChI is InChI=1S/C31H28FN5O/c1-2-27-30(31(38)35-24-9-11-28(34-18-24)21-6-5-7-23(32)14-21)26-16-20(8-10-29(26)36-27)22-15-25(19-33-17-22)37-12-3-4-13-37/h5-11,14-19,36H,2-4,12-13H2,1H3,(H,35,38). The van der Waals surface area contributed by atoms with Gasteiger partial charge in [-0.15, -0.1) is 0 Å². The number of hydrogen-bond acceptors (Lipinski definition) is 4. The molecule has 7 heteroatoms. The van der Waals surface area contributed by atoms with Crippen molar-refractivity contribution in [1.82, 2.24) is 15.0 Å². The Labute approximate surface area is 220 Å². The molecule has 0 bridgehead atoms. The molecule has 2 aromatic carbocycles. The van der Waals surface area contributed by atoms with Crippen molar-refractivity contribution in [2.75, 3.05) is 23.3 Å². The van der Waals surface area contributed by atoms with Crippen LogP contribution in [-0.4, -0.2) is 33.9 Å². The van der Waals surface area contributed by atoms with Crippen LogP contribution in [0.2, 0.25) is 0 Å². The number of anilines is 2. The number of carbonyl (C=O) groups excluding carboxylic acids is 1. The second-order valence-electron chi connectivity index (χ2n) is 9.62. The number of amides is 1. The Bertz CT molecular complexity index is 1620. The predicted octanol–water partition coefficient (Wildman–Crippen LogP) is 6.85. The first-order valence-electron chi connectivity index (χ1n) is 13.0. The lowest BCUT2D eigenvalue weighted by Crippen LogP contribution is -2.17. The summed E-state index contributed by atoms with van der Waals surface area (Å²) in [5.41, 5.74) is 7.49. The van der Waals surface area contributed by atoms with E-state index in [2.05, 4.69) is 43.4 Å². The van der Waals surface area contributed by atoms with Gasteiger partial charge in [0, 0.05) is 47.0 Å². The van der Waals surface area contributed by atoms with Crippen molar-refractivity contribution in [2.45, 2.75) is 26.2 Å². The number of aromatic nitrogens is 3. The molecule has 190 valence electrons. The monoisotopic (exact) mass is 505 g/mol. The molecule has 5 aromatic rings. The van der Waals surface area contributed by atoms with Gasteiger partial charge in [-0.3, -0.25) is 14.8 Å². The second-order valence-corrected chi connectivity index (χ2v) is 9.62. The van der Waals surface area contributed by atoms with Crippen LogP contribution in [0, 0.1) is 5.82 Å². The minimum atomic E-state index is -0.314. The molecule has 0 aliphatic carbocycles. The number of hydrogen-bond donors (Lipinski definition) is 2. The molecule has 1 saturated heterocycles. The van der Waals surface area contributed by atoms with Gasteiger partial charge in [-0.25, -0.2) is 4.39 Å². The zero-order valence-electron chi connectivity index (χ0n) is 21.2. The predicted molar refractivity (Wildman–Crippen MR) is 150 cm³/mol. The van der Waals surface area contributed by atoms with E-state index in [4.69, 9.17) is 0 Å². The van der Waals surface area contributed by atoms with E-state index in [0.29, 0.717) is 28.9 Å². The average molecular weight is 506 g/mol. The van der Waals surface area contributed by atoms with Crippen molar-refractivity contribution in [3.8, 4) is 22.4 Å². The number of fused-ring (bicyclic) bond motifs is 1. The maximum atomic E-state index is 13.6. The third-order valence-electron chi connectivity index (χ3n) is 7.13. The number of H-pyrrole nitrogens is 1. The van der Waals surface area contributed by atoms with Crippen LogP contribution in [-0.2, 0) is 6.42 Å². The quantitative estimate of drug-likeness (QED) is 0.265. The van der Waals surface area contributed by atoms with E-state index < -0.39 is 0 Å². The van der Waals surface area contributed by atoms with Crippen molar-refractivity contribution in [3.63, 3.8) is 0 Å². The summed E-state index contributed by atoms with van der Waals surface area (Å²) in [4.78, 5) is 28.2. The Morgan fingerprint density at radius 1 is 0.974 bits per heavy atom. The fraction of sp³-hybridized carbons (Fsp3) is 0.194. The van der Waals surface area contributed by atoms with Gasteiger partial charge in [-0.2, -0.15) is 0 Å². The highest BCUT2D eigenvalue weighted by atomic mass is 19.1. The lowest BCUT2D eigenvalue weighted by Gasteiger charge is -2.17. The molecule has 1 aliphatic heterocycles. The summed E-state index contributed by atoms with van der Waals surface area (Å²) in [6.07, 6.45) is 8.50. The summed E-state index contributed by atoms with van der Waals surface area (Å²) in [6, 6.07) is 18.2. The van der Waals surface area contributed by atoms with Gasteiger partial charge in [0.25, 0.3) is 5.91 Å². The van der Waals surface area contributed by atoms with Gasteiger partial charge in [0.1, 0.15) is 5.82 Å². The van der Waals surface area contributed by atoms with Crippen LogP contribution >= 0.6 is 0 Å². The molecule has 0 radical (unpaired) electrons. The summed E-state index contributed by atoms with van der Waals surface area (Å²) in [7, 11) is 0. The molecule has 38 heavy (non-hydrogen) atoms. The SMILES string of the molecule is CCc1[nH]c2ccc(-c3cncc(N4CCCC4)c3)cc2c1C(=O)Nc1ccc(-c2cccc(F)c2)nc1. The number of carbonyl (C=O) groups is 1. The highest BCUT2D eigenvalue weighted by molar-refractivity contribution is 6.14. The van der Waals surface area contributed by atoms with Crippen molar-refractivity contribution in [1.29, 1.82) is 0 Å². The lowest BCUT2D eigenvalue weighted by molar-refractivity contribution is 0.102. The van der Waals surface area contributed by atoms with E-state index in [1.165, 1.54) is 25.0 Å². The van der Waals surface area contributed by atoms with Crippen molar-refractivity contribution in [3.05, 3.63) is 96.3 Å². The van der Waals surface area contributed by atoms with Gasteiger partial charge in [0.05, 0.1) is 35.0 Å². The summed E-state index contributed by atoms with van der Waals surface area (Å²) in [5.74, 6) is -0.513. The van der Waals surface area contributed by atoms with Gasteiger partial charge >= 0.3 is 0 Å². The number of aryl methyl sites for hydroxylation is 1. The van der Waals surface area contributed by atoms with E-state index >= 15 is 0 Å². The largest absolute Gasteiger partial charge is 0.370 e. The van der Waals surface area contributed by atoms with Crippen LogP contribution in [0.15, 0.2) is 79.3 Å². The Morgan fingerprint density at radius 2 is 1.84 bits per heavy atom. The number of rotatable bonds is 6. The van der Waals surface area contributed by atoms with E-state index in [-0.39, 0.29) is 11.7 Å². The van der Waals surface area contributed by atoms with Gasteiger partial charge in [-0.1, -0.05) is 25.1 Å². The van der Waals surface area contributed by atoms with Gasteiger partial charge in [-0.05, 0) is 67.3 Å². The van der Waals surface area contributed by atoms with Crippen LogP contribution in [0.25, 0.3) is 33.3 Å². The molecule has 4 heterocycles. The highest BCUT2D eigenvalue weighted by Crippen LogP contribution is 2.31. The fourth-order valence-electron chi connectivity index (χ4n) is 5.17. The number of pyridine rings is 2. The van der Waals surface area contributed by atoms with Crippen molar-refractivity contribution < 1.29 is 9.18 Å². The van der Waals surface area contributed by atoms with Crippen molar-refractivity contribution >= 4 is 28.2 Å². The Kier molecular flexibility index (Phi) is 6.33. The minimum absolute atomic E-state index is 0.200. The third-order valence-corrected chi connectivity index (χ3v) is 7.13. The summed E-state index contributed by atoms with van der Waals surface area (Å²) < 4.78 is 13.6. The van der Waals surface area contributed by atoms with Crippen molar-refractivity contribution in [2.24, 2.45) is 0 Å². The first kappa shape index (κ1) is 23.9. The molecule has 0 saturated carbocycles. The third kappa shape index (κ3) is 4.63. The summed E-state index contributed by atoms with van der Waals surface area (Å²) in [5, 5.41) is 3.86. The van der Waals surface area contributed by atoms with Crippen LogP contribution in [0.4, 0.5) is 15.8 Å². The average Bonchev–Trinajstić information content (AvgIpc) is 3.61. The van der Waals surface area contributed by atoms with Gasteiger partial charge in [0.15, 0.2) is 0 Å². The molecule has 1 amide bonds. The van der Waals surface area contributed by atoms with E-state index in [9.17, 15) is 9.18 Å². The van der Waals surface area contributed by atoms with Crippen LogP contribution in [0.1, 0.15) is 35.8 Å². The number of halogens is 1. The Hall–Kier alpha value is -4.52. The molecular weight excluding hydrogens is 477 g/mol. The molecule has 0 unspecified atom stereocenters. The molecule has 3 aromatic heterocycles. The van der Waals surface area contributed by atoms with E-state index in [0.717, 1.165) is 46.5 Å². The second kappa shape index (κ2) is 10.1. The number of nitrogens with one attached hydrogen (secondary N) is 2. The Morgan fingerprint density at radius 3 is 2.61 bits per heavy atom. The molecule has 1 fully saturated rings. The normalized spacial score (nSPS) is 13.3. The smallest absolute Gasteiger partial charge is 0.258 e. The number of aromatic amines is 1. The fourth-order valence-corrected chi connectivity index (χ4v) is 5.17. The number of benzene rings is 2. The van der Waals surface area contributed by atoms with Crippen LogP contribution in [0.3, 0.4) is 0 Å². The minimum Gasteiger partial charge on any atom is -0.370 e. The van der Waals surface area contributed by atoms with E-state index in [1.54, 1.807) is 30.5 Å². The summed E-state index contributed by atoms with van der Waals surface area (Å²) in [6.45, 7) is 4.15. The maximum Gasteiger partial charge on any atom is 0.258 e. The number of nitrogens with zero attached hydrogens (tertiary/aromatic N) is 3. The molecular formula is C31H28FN5O. The van der Waals surface area contributed by atoms with E-state index in [1.807, 2.05) is 25.4 Å². The lowest BCUT2D eigenvalue weighted by atomic mass is 10.0. The maximum absolute atomic E-state index is 13.6. The molecule has 2 N–H and O–H groups in total. The zero-order valence-corrected chi connectivity index (χ0v) is 21.2. The van der Waals surface area contributed by atoms with Gasteiger partial charge < -0.3 is 15.2 Å². The molecule has 1 aliphatic rings. The summed E-state index contributed by atoms with van der Waals surface area (Å²) >= 11 is 0.